The second kappa shape index (κ2) is 9.25. The third kappa shape index (κ3) is 4.07. The Hall–Kier alpha value is -3.36. The highest BCUT2D eigenvalue weighted by Gasteiger charge is 2.33. The zero-order chi connectivity index (χ0) is 23.7. The molecule has 170 valence electrons. The third-order valence-electron chi connectivity index (χ3n) is 5.34. The van der Waals surface area contributed by atoms with E-state index in [2.05, 4.69) is 4.99 Å². The van der Waals surface area contributed by atoms with Crippen molar-refractivity contribution in [2.24, 2.45) is 4.99 Å². The Morgan fingerprint density at radius 1 is 1.12 bits per heavy atom. The molecule has 7 nitrogen and oxygen atoms in total. The number of allylic oxidation sites excluding steroid dienone is 1. The summed E-state index contributed by atoms with van der Waals surface area (Å²) in [5.74, 6) is 0.455. The van der Waals surface area contributed by atoms with Gasteiger partial charge in [-0.3, -0.25) is 9.36 Å². The largest absolute Gasteiger partial charge is 0.493 e. The van der Waals surface area contributed by atoms with E-state index >= 15 is 0 Å². The quantitative estimate of drug-likeness (QED) is 0.520. The first kappa shape index (κ1) is 22.8. The van der Waals surface area contributed by atoms with Gasteiger partial charge in [0.2, 0.25) is 0 Å². The van der Waals surface area contributed by atoms with Crippen molar-refractivity contribution in [3.05, 3.63) is 89.6 Å². The van der Waals surface area contributed by atoms with Gasteiger partial charge < -0.3 is 14.2 Å². The van der Waals surface area contributed by atoms with Gasteiger partial charge in [-0.1, -0.05) is 47.2 Å². The number of thiazole rings is 1. The van der Waals surface area contributed by atoms with Gasteiger partial charge >= 0.3 is 5.97 Å². The molecular weight excluding hydrogens is 464 g/mol. The van der Waals surface area contributed by atoms with Gasteiger partial charge in [-0.15, -0.1) is 0 Å². The standard InChI is InChI=1S/C24H21ClN2O5S/c1-13-20(23(29)32-4)21(15-9-10-17(30-2)18(11-15)31-3)27-22(28)19(33-24(27)26-13)12-14-7-5-6-8-16(14)25/h5-12,21H,1-4H3/b19-12+. The van der Waals surface area contributed by atoms with Crippen LogP contribution in [0.15, 0.2) is 63.5 Å². The number of benzene rings is 2. The second-order valence-corrected chi connectivity index (χ2v) is 8.63. The number of methoxy groups -OCH3 is 3. The van der Waals surface area contributed by atoms with E-state index < -0.39 is 12.0 Å². The smallest absolute Gasteiger partial charge is 0.338 e. The van der Waals surface area contributed by atoms with E-state index in [-0.39, 0.29) is 11.1 Å². The van der Waals surface area contributed by atoms with Crippen LogP contribution in [0.1, 0.15) is 24.1 Å². The Labute approximate surface area is 198 Å². The lowest BCUT2D eigenvalue weighted by molar-refractivity contribution is -0.136. The fourth-order valence-electron chi connectivity index (χ4n) is 3.76. The summed E-state index contributed by atoms with van der Waals surface area (Å²) in [7, 11) is 4.37. The summed E-state index contributed by atoms with van der Waals surface area (Å²) < 4.78 is 17.8. The summed E-state index contributed by atoms with van der Waals surface area (Å²) in [5, 5.41) is 0.534. The van der Waals surface area contributed by atoms with Gasteiger partial charge in [0.15, 0.2) is 16.3 Å². The predicted molar refractivity (Wildman–Crippen MR) is 127 cm³/mol. The number of rotatable bonds is 5. The van der Waals surface area contributed by atoms with Crippen molar-refractivity contribution < 1.29 is 19.0 Å². The van der Waals surface area contributed by atoms with E-state index in [4.69, 9.17) is 25.8 Å². The predicted octanol–water partition coefficient (Wildman–Crippen LogP) is 3.08. The highest BCUT2D eigenvalue weighted by atomic mass is 35.5. The second-order valence-electron chi connectivity index (χ2n) is 7.21. The highest BCUT2D eigenvalue weighted by molar-refractivity contribution is 7.07. The molecule has 2 heterocycles. The van der Waals surface area contributed by atoms with Crippen molar-refractivity contribution in [3.8, 4) is 11.5 Å². The summed E-state index contributed by atoms with van der Waals surface area (Å²) in [6.07, 6.45) is 1.73. The number of carbonyl (C=O) groups excluding carboxylic acids is 1. The number of hydrogen-bond acceptors (Lipinski definition) is 7. The average Bonchev–Trinajstić information content (AvgIpc) is 3.13. The van der Waals surface area contributed by atoms with Crippen molar-refractivity contribution in [1.29, 1.82) is 0 Å². The molecule has 0 saturated heterocycles. The number of ether oxygens (including phenoxy) is 3. The van der Waals surface area contributed by atoms with Crippen LogP contribution in [0.25, 0.3) is 6.08 Å². The van der Waals surface area contributed by atoms with Crippen molar-refractivity contribution in [2.75, 3.05) is 21.3 Å². The third-order valence-corrected chi connectivity index (χ3v) is 6.67. The van der Waals surface area contributed by atoms with Crippen LogP contribution in [0.4, 0.5) is 0 Å². The Kier molecular flexibility index (Phi) is 6.40. The molecule has 3 aromatic rings. The fourth-order valence-corrected chi connectivity index (χ4v) is 4.99. The molecule has 0 bridgehead atoms. The molecule has 0 radical (unpaired) electrons. The lowest BCUT2D eigenvalue weighted by Crippen LogP contribution is -2.39. The Morgan fingerprint density at radius 3 is 2.52 bits per heavy atom. The lowest BCUT2D eigenvalue weighted by atomic mass is 9.95. The molecule has 1 unspecified atom stereocenters. The summed E-state index contributed by atoms with van der Waals surface area (Å²) in [6.45, 7) is 1.73. The molecule has 1 aliphatic heterocycles. The van der Waals surface area contributed by atoms with Crippen molar-refractivity contribution in [1.82, 2.24) is 4.57 Å². The van der Waals surface area contributed by atoms with Crippen LogP contribution >= 0.6 is 22.9 Å². The fraction of sp³-hybridized carbons (Fsp3) is 0.208. The minimum atomic E-state index is -0.748. The number of esters is 1. The van der Waals surface area contributed by atoms with Crippen molar-refractivity contribution in [3.63, 3.8) is 0 Å². The monoisotopic (exact) mass is 484 g/mol. The maximum atomic E-state index is 13.6. The lowest BCUT2D eigenvalue weighted by Gasteiger charge is -2.25. The Bertz CT molecular complexity index is 1450. The topological polar surface area (TPSA) is 79.1 Å². The minimum absolute atomic E-state index is 0.279. The Balaban J connectivity index is 2.00. The first-order chi connectivity index (χ1) is 15.9. The maximum Gasteiger partial charge on any atom is 0.338 e. The van der Waals surface area contributed by atoms with E-state index in [0.29, 0.717) is 37.1 Å². The summed E-state index contributed by atoms with van der Waals surface area (Å²) in [6, 6.07) is 11.8. The van der Waals surface area contributed by atoms with Gasteiger partial charge in [0, 0.05) is 5.02 Å². The molecular formula is C24H21ClN2O5S. The van der Waals surface area contributed by atoms with Gasteiger partial charge in [-0.05, 0) is 42.3 Å². The van der Waals surface area contributed by atoms with E-state index in [1.54, 1.807) is 44.4 Å². The van der Waals surface area contributed by atoms with Crippen LogP contribution < -0.4 is 24.4 Å². The molecule has 2 aromatic carbocycles. The normalized spacial score (nSPS) is 15.7. The van der Waals surface area contributed by atoms with E-state index in [0.717, 1.165) is 5.56 Å². The average molecular weight is 485 g/mol. The van der Waals surface area contributed by atoms with Crippen LogP contribution in [0.5, 0.6) is 11.5 Å². The van der Waals surface area contributed by atoms with Crippen LogP contribution in [0.2, 0.25) is 5.02 Å². The first-order valence-corrected chi connectivity index (χ1v) is 11.2. The number of fused-ring (bicyclic) bond motifs is 1. The summed E-state index contributed by atoms with van der Waals surface area (Å²) in [4.78, 5) is 31.4. The maximum absolute atomic E-state index is 13.6. The SMILES string of the molecule is COC(=O)C1=C(C)N=c2s/c(=C/c3ccccc3Cl)c(=O)n2C1c1ccc(OC)c(OC)c1. The summed E-state index contributed by atoms with van der Waals surface area (Å²) >= 11 is 7.53. The molecule has 4 rings (SSSR count). The molecule has 0 amide bonds. The molecule has 0 aliphatic carbocycles. The molecule has 0 fully saturated rings. The number of halogens is 1. The van der Waals surface area contributed by atoms with E-state index in [1.807, 2.05) is 18.2 Å². The van der Waals surface area contributed by atoms with Gasteiger partial charge in [0.1, 0.15) is 0 Å². The number of carbonyl (C=O) groups is 1. The molecule has 1 aliphatic rings. The van der Waals surface area contributed by atoms with Gasteiger partial charge in [0.05, 0.1) is 43.2 Å². The number of nitrogens with zero attached hydrogens (tertiary/aromatic N) is 2. The van der Waals surface area contributed by atoms with Crippen molar-refractivity contribution in [2.45, 2.75) is 13.0 Å². The number of hydrogen-bond donors (Lipinski definition) is 0. The highest BCUT2D eigenvalue weighted by Crippen LogP contribution is 2.35. The minimum Gasteiger partial charge on any atom is -0.493 e. The number of aromatic nitrogens is 1. The molecule has 0 spiro atoms. The van der Waals surface area contributed by atoms with Crippen LogP contribution in [-0.2, 0) is 9.53 Å². The zero-order valence-electron chi connectivity index (χ0n) is 18.4. The molecule has 1 atom stereocenters. The van der Waals surface area contributed by atoms with Crippen LogP contribution in [0.3, 0.4) is 0 Å². The van der Waals surface area contributed by atoms with Crippen LogP contribution in [-0.4, -0.2) is 31.9 Å². The van der Waals surface area contributed by atoms with Gasteiger partial charge in [-0.2, -0.15) is 0 Å². The summed E-state index contributed by atoms with van der Waals surface area (Å²) in [5.41, 5.74) is 1.85. The molecule has 9 heteroatoms. The van der Waals surface area contributed by atoms with Gasteiger partial charge in [0.25, 0.3) is 5.56 Å². The molecule has 0 N–H and O–H groups in total. The van der Waals surface area contributed by atoms with Crippen LogP contribution in [0, 0.1) is 0 Å². The molecule has 1 aromatic heterocycles. The molecule has 33 heavy (non-hydrogen) atoms. The van der Waals surface area contributed by atoms with E-state index in [9.17, 15) is 9.59 Å². The molecule has 0 saturated carbocycles. The first-order valence-electron chi connectivity index (χ1n) is 9.97. The Morgan fingerprint density at radius 2 is 1.85 bits per heavy atom. The van der Waals surface area contributed by atoms with E-state index in [1.165, 1.54) is 30.1 Å². The van der Waals surface area contributed by atoms with Crippen molar-refractivity contribution >= 4 is 35.0 Å². The van der Waals surface area contributed by atoms with Gasteiger partial charge in [-0.25, -0.2) is 9.79 Å². The zero-order valence-corrected chi connectivity index (χ0v) is 20.0.